The van der Waals surface area contributed by atoms with Crippen LogP contribution in [0.3, 0.4) is 0 Å². The van der Waals surface area contributed by atoms with E-state index in [2.05, 4.69) is 15.0 Å². The molecule has 0 atom stereocenters. The number of aromatic nitrogens is 4. The minimum atomic E-state index is -0.294. The molecule has 2 N–H and O–H groups in total. The molecule has 4 aromatic rings. The van der Waals surface area contributed by atoms with Gasteiger partial charge in [-0.3, -0.25) is 9.38 Å². The number of nitrogens with two attached hydrogens (primary N) is 1. The number of rotatable bonds is 2. The van der Waals surface area contributed by atoms with Gasteiger partial charge < -0.3 is 5.73 Å². The summed E-state index contributed by atoms with van der Waals surface area (Å²) in [7, 11) is 0. The smallest absolute Gasteiger partial charge is 0.180 e. The van der Waals surface area contributed by atoms with E-state index in [1.54, 1.807) is 18.3 Å². The number of nitrogen functional groups attached to an aromatic ring is 1. The fourth-order valence-corrected chi connectivity index (χ4v) is 3.07. The number of imidazole rings is 1. The first-order chi connectivity index (χ1) is 12.0. The van der Waals surface area contributed by atoms with Crippen LogP contribution >= 0.6 is 0 Å². The lowest BCUT2D eigenvalue weighted by atomic mass is 10.0. The Morgan fingerprint density at radius 1 is 0.960 bits per heavy atom. The van der Waals surface area contributed by atoms with E-state index < -0.39 is 0 Å². The molecular weight excluding hydrogens is 317 g/mol. The van der Waals surface area contributed by atoms with Crippen molar-refractivity contribution in [1.82, 2.24) is 19.4 Å². The normalized spacial score (nSPS) is 11.2. The summed E-state index contributed by atoms with van der Waals surface area (Å²) in [5.41, 5.74) is 11.8. The van der Waals surface area contributed by atoms with Gasteiger partial charge in [-0.15, -0.1) is 0 Å². The molecule has 0 unspecified atom stereocenters. The van der Waals surface area contributed by atoms with Gasteiger partial charge in [0.15, 0.2) is 11.5 Å². The third kappa shape index (κ3) is 2.61. The zero-order chi connectivity index (χ0) is 17.6. The zero-order valence-electron chi connectivity index (χ0n) is 13.9. The first-order valence-corrected chi connectivity index (χ1v) is 7.87. The third-order valence-corrected chi connectivity index (χ3v) is 4.04. The molecule has 0 saturated carbocycles. The van der Waals surface area contributed by atoms with Gasteiger partial charge in [0, 0.05) is 34.9 Å². The van der Waals surface area contributed by atoms with Gasteiger partial charge in [-0.25, -0.2) is 14.4 Å². The summed E-state index contributed by atoms with van der Waals surface area (Å²) in [6.45, 7) is 3.90. The second-order valence-corrected chi connectivity index (χ2v) is 5.96. The van der Waals surface area contributed by atoms with E-state index in [4.69, 9.17) is 5.73 Å². The summed E-state index contributed by atoms with van der Waals surface area (Å²) < 4.78 is 15.3. The van der Waals surface area contributed by atoms with E-state index in [0.717, 1.165) is 28.2 Å². The van der Waals surface area contributed by atoms with Crippen molar-refractivity contribution < 1.29 is 4.39 Å². The molecule has 0 aliphatic heterocycles. The molecule has 0 fully saturated rings. The van der Waals surface area contributed by atoms with Crippen molar-refractivity contribution in [2.24, 2.45) is 0 Å². The highest BCUT2D eigenvalue weighted by Crippen LogP contribution is 2.33. The lowest BCUT2D eigenvalue weighted by Gasteiger charge is -2.14. The lowest BCUT2D eigenvalue weighted by molar-refractivity contribution is 0.628. The van der Waals surface area contributed by atoms with Gasteiger partial charge >= 0.3 is 0 Å². The second kappa shape index (κ2) is 5.66. The molecule has 25 heavy (non-hydrogen) atoms. The van der Waals surface area contributed by atoms with Crippen LogP contribution in [0.15, 0.2) is 48.8 Å². The molecule has 124 valence electrons. The molecule has 5 nitrogen and oxygen atoms in total. The van der Waals surface area contributed by atoms with Crippen molar-refractivity contribution in [3.05, 3.63) is 66.0 Å². The van der Waals surface area contributed by atoms with Crippen LogP contribution in [0.1, 0.15) is 11.4 Å². The fourth-order valence-electron chi connectivity index (χ4n) is 3.07. The molecule has 3 aromatic heterocycles. The van der Waals surface area contributed by atoms with E-state index in [-0.39, 0.29) is 5.82 Å². The van der Waals surface area contributed by atoms with E-state index in [0.29, 0.717) is 17.2 Å². The minimum Gasteiger partial charge on any atom is -0.381 e. The van der Waals surface area contributed by atoms with Crippen LogP contribution in [0.2, 0.25) is 0 Å². The Morgan fingerprint density at radius 2 is 1.64 bits per heavy atom. The Kier molecular flexibility index (Phi) is 3.46. The van der Waals surface area contributed by atoms with Crippen LogP contribution in [0.25, 0.3) is 28.2 Å². The van der Waals surface area contributed by atoms with Crippen LogP contribution in [0.4, 0.5) is 10.2 Å². The Balaban J connectivity index is 2.10. The first kappa shape index (κ1) is 15.3. The van der Waals surface area contributed by atoms with Crippen LogP contribution in [0, 0.1) is 19.7 Å². The average molecular weight is 333 g/mol. The van der Waals surface area contributed by atoms with Gasteiger partial charge in [0.25, 0.3) is 0 Å². The summed E-state index contributed by atoms with van der Waals surface area (Å²) in [6, 6.07) is 10.2. The van der Waals surface area contributed by atoms with Crippen LogP contribution in [0.5, 0.6) is 0 Å². The molecule has 1 aromatic carbocycles. The Bertz CT molecular complexity index is 1060. The molecule has 0 bridgehead atoms. The molecule has 0 radical (unpaired) electrons. The number of halogens is 1. The molecular formula is C19H16FN5. The highest BCUT2D eigenvalue weighted by Gasteiger charge is 2.17. The quantitative estimate of drug-likeness (QED) is 0.606. The van der Waals surface area contributed by atoms with E-state index >= 15 is 0 Å². The Morgan fingerprint density at radius 3 is 2.32 bits per heavy atom. The van der Waals surface area contributed by atoms with Gasteiger partial charge in [0.05, 0.1) is 11.4 Å². The summed E-state index contributed by atoms with van der Waals surface area (Å²) in [4.78, 5) is 13.3. The number of anilines is 1. The number of benzene rings is 1. The third-order valence-electron chi connectivity index (χ3n) is 4.04. The van der Waals surface area contributed by atoms with Crippen molar-refractivity contribution in [3.8, 4) is 22.5 Å². The van der Waals surface area contributed by atoms with E-state index in [1.807, 2.05) is 36.6 Å². The van der Waals surface area contributed by atoms with Crippen molar-refractivity contribution in [2.45, 2.75) is 13.8 Å². The van der Waals surface area contributed by atoms with Crippen molar-refractivity contribution in [3.63, 3.8) is 0 Å². The van der Waals surface area contributed by atoms with Gasteiger partial charge in [-0.05, 0) is 50.2 Å². The van der Waals surface area contributed by atoms with Gasteiger partial charge in [0.1, 0.15) is 5.82 Å². The van der Waals surface area contributed by atoms with Crippen LogP contribution in [-0.2, 0) is 0 Å². The van der Waals surface area contributed by atoms with Crippen molar-refractivity contribution in [2.75, 3.05) is 5.73 Å². The topological polar surface area (TPSA) is 69.1 Å². The predicted octanol–water partition coefficient (Wildman–Crippen LogP) is 3.80. The second-order valence-electron chi connectivity index (χ2n) is 5.96. The molecule has 6 heteroatoms. The number of hydrogen-bond donors (Lipinski definition) is 1. The number of nitrogens with zero attached hydrogens (tertiary/aromatic N) is 4. The van der Waals surface area contributed by atoms with Crippen molar-refractivity contribution in [1.29, 1.82) is 0 Å². The lowest BCUT2D eigenvalue weighted by Crippen LogP contribution is -2.04. The van der Waals surface area contributed by atoms with Crippen LogP contribution in [-0.4, -0.2) is 19.4 Å². The molecule has 0 saturated heterocycles. The number of pyridine rings is 1. The molecule has 3 heterocycles. The van der Waals surface area contributed by atoms with Gasteiger partial charge in [0.2, 0.25) is 0 Å². The summed E-state index contributed by atoms with van der Waals surface area (Å²) in [5, 5.41) is 0. The number of fused-ring (bicyclic) bond motifs is 1. The van der Waals surface area contributed by atoms with Crippen LogP contribution < -0.4 is 5.73 Å². The first-order valence-electron chi connectivity index (χ1n) is 7.87. The Labute approximate surface area is 144 Å². The largest absolute Gasteiger partial charge is 0.381 e. The maximum atomic E-state index is 13.3. The number of hydrogen-bond acceptors (Lipinski definition) is 4. The number of aryl methyl sites for hydroxylation is 2. The standard InChI is InChI=1S/C19H16FN5/c1-11-9-14(10-12(2)23-11)17-16(13-3-5-15(20)6-4-13)24-18(21)19-22-7-8-25(17)19/h3-10H,1-2H3,(H2,21,24). The molecule has 0 spiro atoms. The minimum absolute atomic E-state index is 0.294. The average Bonchev–Trinajstić information content (AvgIpc) is 3.04. The maximum absolute atomic E-state index is 13.3. The fraction of sp³-hybridized carbons (Fsp3) is 0.105. The molecule has 0 aliphatic carbocycles. The Hall–Kier alpha value is -3.28. The summed E-state index contributed by atoms with van der Waals surface area (Å²) in [6.07, 6.45) is 3.53. The van der Waals surface area contributed by atoms with Crippen molar-refractivity contribution >= 4 is 11.5 Å². The molecule has 4 rings (SSSR count). The monoisotopic (exact) mass is 333 g/mol. The zero-order valence-corrected chi connectivity index (χ0v) is 13.9. The summed E-state index contributed by atoms with van der Waals surface area (Å²) >= 11 is 0. The SMILES string of the molecule is Cc1cc(-c2c(-c3ccc(F)cc3)nc(N)c3nccn23)cc(C)n1. The van der Waals surface area contributed by atoms with Gasteiger partial charge in [-0.1, -0.05) is 0 Å². The maximum Gasteiger partial charge on any atom is 0.180 e. The highest BCUT2D eigenvalue weighted by molar-refractivity contribution is 5.83. The summed E-state index contributed by atoms with van der Waals surface area (Å²) in [5.74, 6) is 0.0353. The van der Waals surface area contributed by atoms with E-state index in [1.165, 1.54) is 12.1 Å². The molecule has 0 aliphatic rings. The highest BCUT2D eigenvalue weighted by atomic mass is 19.1. The van der Waals surface area contributed by atoms with Gasteiger partial charge in [-0.2, -0.15) is 0 Å². The predicted molar refractivity (Wildman–Crippen MR) is 95.5 cm³/mol. The van der Waals surface area contributed by atoms with E-state index in [9.17, 15) is 4.39 Å². The molecule has 0 amide bonds.